The van der Waals surface area contributed by atoms with Crippen molar-refractivity contribution in [3.8, 4) is 0 Å². The maximum atomic E-state index is 2.53. The van der Waals surface area contributed by atoms with Crippen LogP contribution in [-0.4, -0.2) is 48.8 Å². The zero-order valence-corrected chi connectivity index (χ0v) is 47.9. The molecule has 0 atom stereocenters. The summed E-state index contributed by atoms with van der Waals surface area (Å²) < 4.78 is 4.88. The Morgan fingerprint density at radius 2 is 0.922 bits per heavy atom. The van der Waals surface area contributed by atoms with E-state index in [0.717, 1.165) is 44.9 Å². The summed E-state index contributed by atoms with van der Waals surface area (Å²) in [6.07, 6.45) is 27.3. The molecular weight excluding hydrogens is 933 g/mol. The lowest BCUT2D eigenvalue weighted by Gasteiger charge is -2.28. The smallest absolute Gasteiger partial charge is 0.210 e. The molecule has 0 unspecified atom stereocenters. The van der Waals surface area contributed by atoms with Gasteiger partial charge in [-0.2, -0.15) is 9.15 Å². The lowest BCUT2D eigenvalue weighted by Crippen LogP contribution is -2.27. The normalized spacial score (nSPS) is 22.4. The molecule has 0 radical (unpaired) electrons. The zero-order valence-electron chi connectivity index (χ0n) is 47.9. The monoisotopic (exact) mass is 1010 g/mol. The first-order valence-corrected chi connectivity index (χ1v) is 28.5. The number of hydrogen-bond acceptors (Lipinski definition) is 2. The molecule has 0 aromatic heterocycles. The first-order chi connectivity index (χ1) is 36.9. The second-order valence-corrected chi connectivity index (χ2v) is 24.9. The number of rotatable bonds is 8. The SMILES string of the molecule is CN1C(=CC=C2CCCC(C=CC3=[N+](C)c4ccccc4C3(C)C)=C2CC2=C(C=CC3=[N+](C)c4ccc5ccccc5c4C3(C)C)CCCC2=CC=C2N(C)c3ccc4ccccc4c3C2(C)C)C(C)(C)c2ccccc21. The summed E-state index contributed by atoms with van der Waals surface area (Å²) in [5, 5.41) is 5.30. The van der Waals surface area contributed by atoms with E-state index in [-0.39, 0.29) is 21.7 Å². The molecule has 0 fully saturated rings. The molecule has 6 aromatic carbocycles. The molecule has 0 bridgehead atoms. The van der Waals surface area contributed by atoms with Gasteiger partial charge in [-0.3, -0.25) is 0 Å². The van der Waals surface area contributed by atoms with Gasteiger partial charge in [-0.05, 0) is 169 Å². The van der Waals surface area contributed by atoms with Gasteiger partial charge in [0.2, 0.25) is 11.4 Å². The van der Waals surface area contributed by atoms with Gasteiger partial charge in [0.15, 0.2) is 11.4 Å². The molecule has 0 amide bonds. The van der Waals surface area contributed by atoms with Crippen molar-refractivity contribution in [2.24, 2.45) is 0 Å². The molecule has 6 aliphatic rings. The highest BCUT2D eigenvalue weighted by Crippen LogP contribution is 2.52. The second-order valence-electron chi connectivity index (χ2n) is 24.9. The van der Waals surface area contributed by atoms with Gasteiger partial charge in [0.1, 0.15) is 14.1 Å². The summed E-state index contributed by atoms with van der Waals surface area (Å²) in [6.45, 7) is 19.3. The van der Waals surface area contributed by atoms with Crippen LogP contribution in [0.2, 0.25) is 0 Å². The fourth-order valence-electron chi connectivity index (χ4n) is 15.0. The van der Waals surface area contributed by atoms with E-state index >= 15 is 0 Å². The van der Waals surface area contributed by atoms with Crippen molar-refractivity contribution in [2.75, 3.05) is 38.0 Å². The van der Waals surface area contributed by atoms with Crippen LogP contribution in [0.4, 0.5) is 22.7 Å². The molecule has 77 heavy (non-hydrogen) atoms. The van der Waals surface area contributed by atoms with Gasteiger partial charge in [-0.15, -0.1) is 0 Å². The van der Waals surface area contributed by atoms with E-state index in [2.05, 4.69) is 272 Å². The number of fused-ring (bicyclic) bond motifs is 8. The maximum absolute atomic E-state index is 2.53. The third-order valence-corrected chi connectivity index (χ3v) is 19.1. The van der Waals surface area contributed by atoms with Crippen molar-refractivity contribution < 1.29 is 9.15 Å². The molecule has 4 nitrogen and oxygen atoms in total. The Hall–Kier alpha value is -7.30. The van der Waals surface area contributed by atoms with E-state index in [1.54, 1.807) is 0 Å². The summed E-state index contributed by atoms with van der Waals surface area (Å²) in [6, 6.07) is 45.0. The largest absolute Gasteiger partial charge is 0.347 e. The third kappa shape index (κ3) is 8.06. The van der Waals surface area contributed by atoms with Gasteiger partial charge in [0.25, 0.3) is 0 Å². The Labute approximate surface area is 459 Å². The average molecular weight is 1010 g/mol. The number of anilines is 2. The highest BCUT2D eigenvalue weighted by atomic mass is 15.2. The van der Waals surface area contributed by atoms with Gasteiger partial charge in [0, 0.05) is 83.1 Å². The molecule has 4 heteroatoms. The van der Waals surface area contributed by atoms with E-state index in [9.17, 15) is 0 Å². The molecule has 2 aliphatic carbocycles. The Kier molecular flexibility index (Phi) is 12.3. The molecule has 4 aliphatic heterocycles. The Morgan fingerprint density at radius 3 is 1.53 bits per heavy atom. The van der Waals surface area contributed by atoms with E-state index in [4.69, 9.17) is 0 Å². The molecule has 0 saturated heterocycles. The average Bonchev–Trinajstić information content (AvgIpc) is 4.18. The van der Waals surface area contributed by atoms with Gasteiger partial charge in [-0.25, -0.2) is 0 Å². The lowest BCUT2D eigenvalue weighted by molar-refractivity contribution is -0.401. The second kappa shape index (κ2) is 18.7. The summed E-state index contributed by atoms with van der Waals surface area (Å²) in [7, 11) is 9.05. The summed E-state index contributed by atoms with van der Waals surface area (Å²) >= 11 is 0. The Bertz CT molecular complexity index is 3820. The minimum absolute atomic E-state index is 0.112. The zero-order chi connectivity index (χ0) is 53.8. The van der Waals surface area contributed by atoms with E-state index in [1.165, 1.54) is 123 Å². The van der Waals surface area contributed by atoms with Crippen molar-refractivity contribution in [1.82, 2.24) is 0 Å². The van der Waals surface area contributed by atoms with Crippen molar-refractivity contribution >= 4 is 55.7 Å². The summed E-state index contributed by atoms with van der Waals surface area (Å²) in [4.78, 5) is 4.88. The highest BCUT2D eigenvalue weighted by molar-refractivity contribution is 6.08. The fourth-order valence-corrected chi connectivity index (χ4v) is 15.0. The first-order valence-electron chi connectivity index (χ1n) is 28.5. The maximum Gasteiger partial charge on any atom is 0.210 e. The Balaban J connectivity index is 1.03. The van der Waals surface area contributed by atoms with Gasteiger partial charge < -0.3 is 9.80 Å². The van der Waals surface area contributed by atoms with Crippen LogP contribution < -0.4 is 9.80 Å². The van der Waals surface area contributed by atoms with Crippen molar-refractivity contribution in [3.63, 3.8) is 0 Å². The predicted octanol–water partition coefficient (Wildman–Crippen LogP) is 17.6. The van der Waals surface area contributed by atoms with Crippen molar-refractivity contribution in [3.05, 3.63) is 237 Å². The van der Waals surface area contributed by atoms with Crippen LogP contribution in [0.5, 0.6) is 0 Å². The Morgan fingerprint density at radius 1 is 0.429 bits per heavy atom. The van der Waals surface area contributed by atoms with E-state index in [0.29, 0.717) is 0 Å². The van der Waals surface area contributed by atoms with Crippen LogP contribution in [0.25, 0.3) is 21.5 Å². The van der Waals surface area contributed by atoms with Crippen LogP contribution in [0.3, 0.4) is 0 Å². The van der Waals surface area contributed by atoms with E-state index < -0.39 is 0 Å². The predicted molar refractivity (Wildman–Crippen MR) is 328 cm³/mol. The topological polar surface area (TPSA) is 12.5 Å². The minimum atomic E-state index is -0.176. The molecule has 12 rings (SSSR count). The van der Waals surface area contributed by atoms with Crippen LogP contribution in [-0.2, 0) is 21.7 Å². The molecular formula is C73H78N4+2. The van der Waals surface area contributed by atoms with Crippen LogP contribution in [0, 0.1) is 0 Å². The third-order valence-electron chi connectivity index (χ3n) is 19.1. The van der Waals surface area contributed by atoms with E-state index in [1.807, 2.05) is 0 Å². The van der Waals surface area contributed by atoms with Crippen molar-refractivity contribution in [1.29, 1.82) is 0 Å². The van der Waals surface area contributed by atoms with Gasteiger partial charge in [-0.1, -0.05) is 143 Å². The lowest BCUT2D eigenvalue weighted by atomic mass is 9.76. The molecule has 0 saturated carbocycles. The van der Waals surface area contributed by atoms with Crippen LogP contribution in [0.15, 0.2) is 215 Å². The molecule has 4 heterocycles. The van der Waals surface area contributed by atoms with Crippen molar-refractivity contribution in [2.45, 2.75) is 122 Å². The minimum Gasteiger partial charge on any atom is -0.347 e. The number of para-hydroxylation sites is 2. The number of benzene rings is 6. The van der Waals surface area contributed by atoms with Gasteiger partial charge >= 0.3 is 0 Å². The van der Waals surface area contributed by atoms with Crippen LogP contribution >= 0.6 is 0 Å². The number of likely N-dealkylation sites (N-methyl/N-ethyl adjacent to an activating group) is 2. The standard InChI is InChI=1S/C73H78N4/c1-70(2)58-31-17-19-33-60(58)74(9)64(70)43-37-50-25-21-26-51(38-44-65-71(3,4)59-32-18-20-34-61(59)75(65)10)56(50)47-57-52(39-45-66-72(5,6)68-54-29-15-13-23-48(54)35-41-62(68)76(66)11)27-22-28-53(57)40-46-67-73(7,8)69-55-30-16-14-24-49(55)36-42-63(69)77(67)12/h13-20,23-24,29-46H,21-22,25-28,47H2,1-12H3/q+2. The number of nitrogens with zero attached hydrogens (tertiary/aromatic N) is 4. The fraction of sp³-hybridized carbons (Fsp3) is 0.315. The summed E-state index contributed by atoms with van der Waals surface area (Å²) in [5.41, 5.74) is 24.4. The molecule has 0 spiro atoms. The molecule has 6 aromatic rings. The summed E-state index contributed by atoms with van der Waals surface area (Å²) in [5.74, 6) is 0. The first kappa shape index (κ1) is 50.5. The highest BCUT2D eigenvalue weighted by Gasteiger charge is 2.46. The van der Waals surface area contributed by atoms with Gasteiger partial charge in [0.05, 0.1) is 10.8 Å². The van der Waals surface area contributed by atoms with Crippen LogP contribution in [0.1, 0.15) is 123 Å². The molecule has 388 valence electrons. The number of hydrogen-bond donors (Lipinski definition) is 0. The quantitative estimate of drug-likeness (QED) is 0.141. The number of allylic oxidation sites excluding steroid dienone is 16. The molecule has 0 N–H and O–H groups in total.